The van der Waals surface area contributed by atoms with Crippen molar-refractivity contribution in [2.24, 2.45) is 0 Å². The van der Waals surface area contributed by atoms with E-state index in [4.69, 9.17) is 4.74 Å². The lowest BCUT2D eigenvalue weighted by Crippen LogP contribution is -2.45. The summed E-state index contributed by atoms with van der Waals surface area (Å²) < 4.78 is 5.49. The molecule has 0 aliphatic heterocycles. The van der Waals surface area contributed by atoms with Gasteiger partial charge in [-0.3, -0.25) is 9.59 Å². The first-order chi connectivity index (χ1) is 45.5. The second-order valence-electron chi connectivity index (χ2n) is 29.9. The van der Waals surface area contributed by atoms with Crippen LogP contribution in [0.2, 0.25) is 0 Å². The van der Waals surface area contributed by atoms with E-state index in [1.807, 2.05) is 6.08 Å². The van der Waals surface area contributed by atoms with Crippen LogP contribution in [0.3, 0.4) is 0 Å². The topological polar surface area (TPSA) is 95.9 Å². The highest BCUT2D eigenvalue weighted by Gasteiger charge is 2.18. The van der Waals surface area contributed by atoms with Crippen molar-refractivity contribution in [2.45, 2.75) is 514 Å². The molecule has 92 heavy (non-hydrogen) atoms. The van der Waals surface area contributed by atoms with Crippen LogP contribution in [0.5, 0.6) is 0 Å². The molecule has 2 unspecified atom stereocenters. The first-order valence-electron chi connectivity index (χ1n) is 43.0. The van der Waals surface area contributed by atoms with Gasteiger partial charge in [0.2, 0.25) is 5.91 Å². The molecule has 0 saturated heterocycles. The van der Waals surface area contributed by atoms with E-state index in [1.54, 1.807) is 6.08 Å². The number of hydrogen-bond donors (Lipinski definition) is 3. The molecule has 6 nitrogen and oxygen atoms in total. The fourth-order valence-corrected chi connectivity index (χ4v) is 14.1. The zero-order chi connectivity index (χ0) is 66.3. The van der Waals surface area contributed by atoms with Gasteiger partial charge in [0.1, 0.15) is 0 Å². The molecule has 0 aromatic carbocycles. The monoisotopic (exact) mass is 1300 g/mol. The number of amides is 1. The minimum Gasteiger partial charge on any atom is -0.466 e. The molecule has 0 radical (unpaired) electrons. The Balaban J connectivity index is 3.32. The number of allylic oxidation sites excluding steroid dienone is 1. The van der Waals surface area contributed by atoms with Crippen molar-refractivity contribution in [2.75, 3.05) is 13.2 Å². The van der Waals surface area contributed by atoms with E-state index in [-0.39, 0.29) is 18.5 Å². The van der Waals surface area contributed by atoms with Gasteiger partial charge in [0, 0.05) is 12.8 Å². The SMILES string of the molecule is CCCCCCCCCCCCCCCCCCCCCCCC/C=C/C(O)C(CO)NC(=O)CCCCCCCCCCCCCCCCCCCCCCCCCCCCCCCCCCCCCCCCCOC(=O)CCCCCCCCCCCCCC. The van der Waals surface area contributed by atoms with Crippen LogP contribution in [-0.4, -0.2) is 47.4 Å². The summed E-state index contributed by atoms with van der Waals surface area (Å²) in [5, 5.41) is 23.3. The van der Waals surface area contributed by atoms with Crippen molar-refractivity contribution < 1.29 is 24.5 Å². The Morgan fingerprint density at radius 1 is 0.293 bits per heavy atom. The maximum atomic E-state index is 12.6. The molecule has 0 heterocycles. The Hall–Kier alpha value is -1.40. The highest BCUT2D eigenvalue weighted by Crippen LogP contribution is 2.21. The third-order valence-electron chi connectivity index (χ3n) is 20.6. The van der Waals surface area contributed by atoms with Gasteiger partial charge in [0.25, 0.3) is 0 Å². The Kier molecular flexibility index (Phi) is 80.8. The van der Waals surface area contributed by atoms with Crippen LogP contribution in [-0.2, 0) is 14.3 Å². The number of carbonyl (C=O) groups is 2. The van der Waals surface area contributed by atoms with Gasteiger partial charge in [-0.15, -0.1) is 0 Å². The molecule has 0 aromatic heterocycles. The molecule has 1 amide bonds. The predicted octanol–water partition coefficient (Wildman–Crippen LogP) is 28.6. The smallest absolute Gasteiger partial charge is 0.305 e. The summed E-state index contributed by atoms with van der Waals surface area (Å²) >= 11 is 0. The van der Waals surface area contributed by atoms with E-state index in [2.05, 4.69) is 19.2 Å². The van der Waals surface area contributed by atoms with E-state index >= 15 is 0 Å². The lowest BCUT2D eigenvalue weighted by atomic mass is 10.0. The van der Waals surface area contributed by atoms with Crippen molar-refractivity contribution in [1.82, 2.24) is 5.32 Å². The third-order valence-corrected chi connectivity index (χ3v) is 20.6. The molecule has 2 atom stereocenters. The quantitative estimate of drug-likeness (QED) is 0.0320. The molecule has 0 spiro atoms. The molecule has 0 bridgehead atoms. The van der Waals surface area contributed by atoms with E-state index < -0.39 is 12.1 Å². The second kappa shape index (κ2) is 82.0. The Morgan fingerprint density at radius 3 is 0.739 bits per heavy atom. The van der Waals surface area contributed by atoms with Crippen LogP contribution < -0.4 is 5.32 Å². The number of rotatable bonds is 82. The molecule has 3 N–H and O–H groups in total. The Morgan fingerprint density at radius 2 is 0.500 bits per heavy atom. The summed E-state index contributed by atoms with van der Waals surface area (Å²) in [6, 6.07) is -0.624. The summed E-state index contributed by atoms with van der Waals surface area (Å²) in [7, 11) is 0. The molecule has 0 saturated carbocycles. The first-order valence-corrected chi connectivity index (χ1v) is 43.0. The van der Waals surface area contributed by atoms with Crippen LogP contribution in [0.25, 0.3) is 0 Å². The average Bonchev–Trinajstić information content (AvgIpc) is 3.77. The fourth-order valence-electron chi connectivity index (χ4n) is 14.1. The lowest BCUT2D eigenvalue weighted by molar-refractivity contribution is -0.143. The van der Waals surface area contributed by atoms with Crippen molar-refractivity contribution in [1.29, 1.82) is 0 Å². The number of carbonyl (C=O) groups excluding carboxylic acids is 2. The second-order valence-corrected chi connectivity index (χ2v) is 29.9. The van der Waals surface area contributed by atoms with E-state index in [0.29, 0.717) is 19.4 Å². The number of nitrogens with one attached hydrogen (secondary N) is 1. The number of esters is 1. The number of aliphatic hydroxyl groups is 2. The van der Waals surface area contributed by atoms with Crippen LogP contribution >= 0.6 is 0 Å². The number of hydrogen-bond acceptors (Lipinski definition) is 5. The molecule has 0 aliphatic rings. The minimum absolute atomic E-state index is 0.0258. The molecule has 0 aliphatic carbocycles. The zero-order valence-electron chi connectivity index (χ0n) is 63.1. The van der Waals surface area contributed by atoms with Crippen LogP contribution in [0.1, 0.15) is 502 Å². The van der Waals surface area contributed by atoms with E-state index in [1.165, 1.54) is 437 Å². The predicted molar refractivity (Wildman–Crippen MR) is 407 cm³/mol. The van der Waals surface area contributed by atoms with Crippen molar-refractivity contribution in [3.05, 3.63) is 12.2 Å². The number of unbranched alkanes of at least 4 members (excludes halogenated alkanes) is 71. The average molecular weight is 1300 g/mol. The van der Waals surface area contributed by atoms with Gasteiger partial charge >= 0.3 is 5.97 Å². The zero-order valence-corrected chi connectivity index (χ0v) is 63.1. The maximum absolute atomic E-state index is 12.6. The molecule has 548 valence electrons. The van der Waals surface area contributed by atoms with Gasteiger partial charge in [-0.05, 0) is 32.1 Å². The van der Waals surface area contributed by atoms with Crippen LogP contribution in [0.15, 0.2) is 12.2 Å². The summed E-state index contributed by atoms with van der Waals surface area (Å²) in [6.45, 7) is 4.97. The molecule has 0 fully saturated rings. The van der Waals surface area contributed by atoms with Gasteiger partial charge in [-0.2, -0.15) is 0 Å². The standard InChI is InChI=1S/C86H169NO5/c1-3-5-7-9-11-13-15-17-18-19-20-21-22-40-43-46-49-52-55-58-62-66-70-74-78-84(89)83(82-88)87-85(90)79-75-71-67-63-59-56-53-50-47-44-41-38-36-34-32-30-28-26-24-23-25-27-29-31-33-35-37-39-42-45-48-51-54-57-61-65-69-73-77-81-92-86(91)80-76-72-68-64-60-16-14-12-10-8-6-4-2/h74,78,83-84,88-89H,3-73,75-77,79-82H2,1-2H3,(H,87,90)/b78-74+. The van der Waals surface area contributed by atoms with Crippen LogP contribution in [0.4, 0.5) is 0 Å². The van der Waals surface area contributed by atoms with Crippen molar-refractivity contribution in [3.8, 4) is 0 Å². The highest BCUT2D eigenvalue weighted by molar-refractivity contribution is 5.76. The molecule has 0 aromatic rings. The van der Waals surface area contributed by atoms with Gasteiger partial charge in [-0.1, -0.05) is 469 Å². The normalized spacial score (nSPS) is 12.4. The molecule has 6 heteroatoms. The molecule has 0 rings (SSSR count). The van der Waals surface area contributed by atoms with Gasteiger partial charge in [0.05, 0.1) is 25.4 Å². The first kappa shape index (κ1) is 90.6. The van der Waals surface area contributed by atoms with Gasteiger partial charge in [0.15, 0.2) is 0 Å². The van der Waals surface area contributed by atoms with Gasteiger partial charge in [-0.25, -0.2) is 0 Å². The third kappa shape index (κ3) is 77.6. The number of ether oxygens (including phenoxy) is 1. The summed E-state index contributed by atoms with van der Waals surface area (Å²) in [4.78, 5) is 24.6. The fraction of sp³-hybridized carbons (Fsp3) is 0.953. The molecular weight excluding hydrogens is 1130 g/mol. The lowest BCUT2D eigenvalue weighted by Gasteiger charge is -2.20. The van der Waals surface area contributed by atoms with Gasteiger partial charge < -0.3 is 20.3 Å². The number of aliphatic hydroxyl groups excluding tert-OH is 2. The largest absolute Gasteiger partial charge is 0.466 e. The Bertz CT molecular complexity index is 1400. The van der Waals surface area contributed by atoms with Crippen molar-refractivity contribution in [3.63, 3.8) is 0 Å². The highest BCUT2D eigenvalue weighted by atomic mass is 16.5. The Labute approximate surface area is 578 Å². The summed E-state index contributed by atoms with van der Waals surface area (Å²) in [5.41, 5.74) is 0. The summed E-state index contributed by atoms with van der Waals surface area (Å²) in [5.74, 6) is -0.0299. The minimum atomic E-state index is -0.841. The molecular formula is C86H169NO5. The van der Waals surface area contributed by atoms with Crippen molar-refractivity contribution >= 4 is 11.9 Å². The van der Waals surface area contributed by atoms with Crippen LogP contribution in [0, 0.1) is 0 Å². The summed E-state index contributed by atoms with van der Waals surface area (Å²) in [6.07, 6.45) is 105. The maximum Gasteiger partial charge on any atom is 0.305 e. The van der Waals surface area contributed by atoms with E-state index in [0.717, 1.165) is 38.5 Å². The van der Waals surface area contributed by atoms with E-state index in [9.17, 15) is 19.8 Å².